The van der Waals surface area contributed by atoms with Crippen LogP contribution in [0.3, 0.4) is 0 Å². The molecule has 1 atom stereocenters. The topological polar surface area (TPSA) is 144 Å². The summed E-state index contributed by atoms with van der Waals surface area (Å²) < 4.78 is 119. The molecule has 0 spiro atoms. The average molecular weight is 705 g/mol. The zero-order chi connectivity index (χ0) is 36.0. The average Bonchev–Trinajstić information content (AvgIpc) is 3.72. The SMILES string of the molecule is COC(=O)c1nc(-c2nnc(C(CCCCC3OCCO3)(OCc3ccccc3)C(F)(F)F)o2)c(NC(=O)OC(C)(C)C)cc1C(F)(F)F. The second-order valence-electron chi connectivity index (χ2n) is 11.8. The molecule has 3 heterocycles. The van der Waals surface area contributed by atoms with Gasteiger partial charge in [-0.3, -0.25) is 5.32 Å². The predicted molar refractivity (Wildman–Crippen MR) is 157 cm³/mol. The van der Waals surface area contributed by atoms with Gasteiger partial charge in [-0.2, -0.15) is 26.3 Å². The lowest BCUT2D eigenvalue weighted by Gasteiger charge is -2.32. The Kier molecular flexibility index (Phi) is 11.6. The number of nitrogens with zero attached hydrogens (tertiary/aromatic N) is 3. The molecule has 1 aliphatic rings. The van der Waals surface area contributed by atoms with Gasteiger partial charge in [0.2, 0.25) is 5.60 Å². The van der Waals surface area contributed by atoms with Gasteiger partial charge in [-0.1, -0.05) is 30.3 Å². The van der Waals surface area contributed by atoms with Gasteiger partial charge in [0, 0.05) is 0 Å². The largest absolute Gasteiger partial charge is 0.464 e. The maximum absolute atomic E-state index is 15.1. The van der Waals surface area contributed by atoms with E-state index >= 15 is 13.2 Å². The van der Waals surface area contributed by atoms with Crippen LogP contribution in [0.15, 0.2) is 40.8 Å². The molecule has 1 unspecified atom stereocenters. The minimum Gasteiger partial charge on any atom is -0.464 e. The van der Waals surface area contributed by atoms with Crippen molar-refractivity contribution in [2.75, 3.05) is 25.6 Å². The highest BCUT2D eigenvalue weighted by atomic mass is 19.4. The summed E-state index contributed by atoms with van der Waals surface area (Å²) in [5.41, 5.74) is -8.36. The van der Waals surface area contributed by atoms with Crippen LogP contribution in [-0.2, 0) is 42.1 Å². The number of carbonyl (C=O) groups excluding carboxylic acids is 2. The van der Waals surface area contributed by atoms with Gasteiger partial charge >= 0.3 is 24.4 Å². The van der Waals surface area contributed by atoms with E-state index < -0.39 is 89.4 Å². The zero-order valence-corrected chi connectivity index (χ0v) is 26.9. The Morgan fingerprint density at radius 2 is 1.65 bits per heavy atom. The Bertz CT molecular complexity index is 1590. The van der Waals surface area contributed by atoms with E-state index in [1.54, 1.807) is 30.3 Å². The van der Waals surface area contributed by atoms with Crippen molar-refractivity contribution in [2.45, 2.75) is 82.9 Å². The van der Waals surface area contributed by atoms with Crippen molar-refractivity contribution in [1.82, 2.24) is 15.2 Å². The molecular weight excluding hydrogens is 670 g/mol. The fraction of sp³-hybridized carbons (Fsp3) is 0.516. The van der Waals surface area contributed by atoms with Gasteiger partial charge in [-0.15, -0.1) is 10.2 Å². The molecule has 0 radical (unpaired) electrons. The van der Waals surface area contributed by atoms with Crippen LogP contribution in [0.25, 0.3) is 11.6 Å². The number of halogens is 6. The predicted octanol–water partition coefficient (Wildman–Crippen LogP) is 7.19. The van der Waals surface area contributed by atoms with E-state index in [0.717, 1.165) is 7.11 Å². The third-order valence-corrected chi connectivity index (χ3v) is 7.01. The Morgan fingerprint density at radius 1 is 0.980 bits per heavy atom. The molecule has 49 heavy (non-hydrogen) atoms. The highest BCUT2D eigenvalue weighted by Crippen LogP contribution is 2.47. The summed E-state index contributed by atoms with van der Waals surface area (Å²) in [7, 11) is 0.800. The number of ether oxygens (including phenoxy) is 5. The van der Waals surface area contributed by atoms with E-state index in [-0.39, 0.29) is 12.8 Å². The lowest BCUT2D eigenvalue weighted by molar-refractivity contribution is -0.300. The standard InChI is InChI=1S/C31H34F6N4O8/c1-28(2,3)49-27(43)38-20-16-19(30(32,33)34)22(25(42)44-4)39-23(20)24-40-41-26(48-24)29(31(35,36)37,47-17-18-10-6-5-7-11-18)13-9-8-12-21-45-14-15-46-21/h5-7,10-11,16,21H,8-9,12-15,17H2,1-4H3,(H,38,43). The molecule has 0 saturated carbocycles. The number of hydrogen-bond acceptors (Lipinski definition) is 11. The quantitative estimate of drug-likeness (QED) is 0.116. The Hall–Kier alpha value is -4.29. The first-order valence-electron chi connectivity index (χ1n) is 15.0. The van der Waals surface area contributed by atoms with Gasteiger partial charge in [-0.25, -0.2) is 14.6 Å². The second-order valence-corrected chi connectivity index (χ2v) is 11.8. The smallest absolute Gasteiger partial charge is 0.426 e. The van der Waals surface area contributed by atoms with Gasteiger partial charge in [-0.05, 0) is 58.1 Å². The molecule has 3 aromatic rings. The van der Waals surface area contributed by atoms with Crippen LogP contribution in [-0.4, -0.2) is 65.6 Å². The zero-order valence-electron chi connectivity index (χ0n) is 26.9. The van der Waals surface area contributed by atoms with Crippen LogP contribution in [0.2, 0.25) is 0 Å². The van der Waals surface area contributed by atoms with Crippen LogP contribution in [0.1, 0.15) is 74.0 Å². The van der Waals surface area contributed by atoms with E-state index in [1.165, 1.54) is 20.8 Å². The van der Waals surface area contributed by atoms with E-state index in [1.807, 2.05) is 0 Å². The van der Waals surface area contributed by atoms with Crippen LogP contribution >= 0.6 is 0 Å². The van der Waals surface area contributed by atoms with Crippen LogP contribution in [0.5, 0.6) is 0 Å². The number of carbonyl (C=O) groups is 2. The number of benzene rings is 1. The van der Waals surface area contributed by atoms with E-state index in [2.05, 4.69) is 25.2 Å². The third-order valence-electron chi connectivity index (χ3n) is 7.01. The summed E-state index contributed by atoms with van der Waals surface area (Å²) in [6, 6.07) is 8.30. The van der Waals surface area contributed by atoms with Crippen molar-refractivity contribution in [3.8, 4) is 11.6 Å². The summed E-state index contributed by atoms with van der Waals surface area (Å²) >= 11 is 0. The van der Waals surface area contributed by atoms with E-state index in [9.17, 15) is 22.8 Å². The number of amides is 1. The Morgan fingerprint density at radius 3 is 2.24 bits per heavy atom. The molecule has 1 aromatic carbocycles. The number of unbranched alkanes of at least 4 members (excludes halogenated alkanes) is 1. The number of anilines is 1. The van der Waals surface area contributed by atoms with Crippen molar-refractivity contribution in [2.24, 2.45) is 0 Å². The number of pyridine rings is 1. The summed E-state index contributed by atoms with van der Waals surface area (Å²) in [6.07, 6.45) is -12.4. The second kappa shape index (κ2) is 15.1. The first-order valence-corrected chi connectivity index (χ1v) is 15.0. The van der Waals surface area contributed by atoms with Gasteiger partial charge in [0.15, 0.2) is 17.7 Å². The maximum Gasteiger partial charge on any atom is 0.426 e. The van der Waals surface area contributed by atoms with Crippen molar-refractivity contribution >= 4 is 17.7 Å². The number of esters is 1. The van der Waals surface area contributed by atoms with Crippen molar-refractivity contribution < 1.29 is 64.0 Å². The summed E-state index contributed by atoms with van der Waals surface area (Å²) in [6.45, 7) is 4.64. The molecule has 1 N–H and O–H groups in total. The maximum atomic E-state index is 15.1. The summed E-state index contributed by atoms with van der Waals surface area (Å²) in [4.78, 5) is 28.7. The number of hydrogen-bond donors (Lipinski definition) is 1. The van der Waals surface area contributed by atoms with Crippen LogP contribution < -0.4 is 5.32 Å². The minimum absolute atomic E-state index is 0.0777. The first-order chi connectivity index (χ1) is 22.9. The van der Waals surface area contributed by atoms with Crippen molar-refractivity contribution in [1.29, 1.82) is 0 Å². The summed E-state index contributed by atoms with van der Waals surface area (Å²) in [5, 5.41) is 9.34. The number of rotatable bonds is 12. The fourth-order valence-corrected chi connectivity index (χ4v) is 4.76. The van der Waals surface area contributed by atoms with E-state index in [4.69, 9.17) is 23.4 Å². The molecule has 12 nitrogen and oxygen atoms in total. The molecular formula is C31H34F6N4O8. The van der Waals surface area contributed by atoms with Gasteiger partial charge in [0.25, 0.3) is 11.8 Å². The summed E-state index contributed by atoms with van der Waals surface area (Å²) in [5.74, 6) is -3.50. The highest BCUT2D eigenvalue weighted by Gasteiger charge is 2.61. The third kappa shape index (κ3) is 9.45. The lowest BCUT2D eigenvalue weighted by Crippen LogP contribution is -2.45. The Balaban J connectivity index is 1.81. The van der Waals surface area contributed by atoms with E-state index in [0.29, 0.717) is 31.3 Å². The van der Waals surface area contributed by atoms with Crippen LogP contribution in [0, 0.1) is 0 Å². The molecule has 0 aliphatic carbocycles. The molecule has 2 aromatic heterocycles. The highest BCUT2D eigenvalue weighted by molar-refractivity contribution is 5.94. The molecule has 268 valence electrons. The van der Waals surface area contributed by atoms with Crippen LogP contribution in [0.4, 0.5) is 36.8 Å². The molecule has 1 aliphatic heterocycles. The number of aromatic nitrogens is 3. The lowest BCUT2D eigenvalue weighted by atomic mass is 9.94. The molecule has 1 fully saturated rings. The number of nitrogens with one attached hydrogen (secondary N) is 1. The van der Waals surface area contributed by atoms with Gasteiger partial charge in [0.05, 0.1) is 38.2 Å². The Labute approximate surface area is 276 Å². The molecule has 1 amide bonds. The normalized spacial score (nSPS) is 15.6. The number of alkyl halides is 6. The molecule has 1 saturated heterocycles. The van der Waals surface area contributed by atoms with Crippen molar-refractivity contribution in [3.05, 3.63) is 59.1 Å². The minimum atomic E-state index is -5.19. The molecule has 0 bridgehead atoms. The molecule has 4 rings (SSSR count). The van der Waals surface area contributed by atoms with Gasteiger partial charge < -0.3 is 28.1 Å². The first kappa shape index (κ1) is 37.5. The number of methoxy groups -OCH3 is 1. The fourth-order valence-electron chi connectivity index (χ4n) is 4.76. The molecule has 18 heteroatoms. The van der Waals surface area contributed by atoms with Gasteiger partial charge in [0.1, 0.15) is 5.60 Å². The van der Waals surface area contributed by atoms with Crippen molar-refractivity contribution in [3.63, 3.8) is 0 Å². The monoisotopic (exact) mass is 704 g/mol.